The van der Waals surface area contributed by atoms with Crippen LogP contribution in [0.2, 0.25) is 5.02 Å². The van der Waals surface area contributed by atoms with Crippen LogP contribution < -0.4 is 4.74 Å². The number of benzene rings is 2. The zero-order valence-corrected chi connectivity index (χ0v) is 15.6. The lowest BCUT2D eigenvalue weighted by Gasteiger charge is -2.19. The van der Waals surface area contributed by atoms with E-state index in [1.807, 2.05) is 24.3 Å². The van der Waals surface area contributed by atoms with Crippen LogP contribution in [0.25, 0.3) is 0 Å². The molecule has 0 spiro atoms. The van der Waals surface area contributed by atoms with Gasteiger partial charge in [-0.2, -0.15) is 0 Å². The van der Waals surface area contributed by atoms with E-state index in [4.69, 9.17) is 21.4 Å². The molecule has 0 heterocycles. The number of aliphatic carboxylic acids is 1. The average Bonchev–Trinajstić information content (AvgIpc) is 2.64. The van der Waals surface area contributed by atoms with E-state index in [9.17, 15) is 9.59 Å². The summed E-state index contributed by atoms with van der Waals surface area (Å²) in [5.74, 6) is -0.456. The standard InChI is InChI=1S/C20H22ClNO4/c1-22(20(25)17-13-16(21)8-9-18(17)26-2)12-11-15-5-3-14(4-6-15)7-10-19(23)24/h3-6,8-9,13H,7,10-12H2,1-2H3,(H,23,24). The first kappa shape index (κ1) is 19.8. The molecule has 5 nitrogen and oxygen atoms in total. The molecular formula is C20H22ClNO4. The summed E-state index contributed by atoms with van der Waals surface area (Å²) in [6.07, 6.45) is 1.34. The van der Waals surface area contributed by atoms with Crippen LogP contribution in [0.1, 0.15) is 27.9 Å². The number of methoxy groups -OCH3 is 1. The molecule has 138 valence electrons. The van der Waals surface area contributed by atoms with Gasteiger partial charge in [0.05, 0.1) is 12.7 Å². The molecule has 0 aliphatic rings. The summed E-state index contributed by atoms with van der Waals surface area (Å²) in [6.45, 7) is 0.545. The van der Waals surface area contributed by atoms with Crippen molar-refractivity contribution in [3.05, 3.63) is 64.2 Å². The summed E-state index contributed by atoms with van der Waals surface area (Å²) in [4.78, 5) is 24.9. The summed E-state index contributed by atoms with van der Waals surface area (Å²) < 4.78 is 5.24. The van der Waals surface area contributed by atoms with E-state index in [1.54, 1.807) is 30.1 Å². The number of likely N-dealkylation sites (N-methyl/N-ethyl adjacent to an activating group) is 1. The van der Waals surface area contributed by atoms with Crippen molar-refractivity contribution in [2.75, 3.05) is 20.7 Å². The second-order valence-corrected chi connectivity index (χ2v) is 6.47. The van der Waals surface area contributed by atoms with Crippen LogP contribution in [0.15, 0.2) is 42.5 Å². The predicted octanol–water partition coefficient (Wildman–Crippen LogP) is 3.68. The van der Waals surface area contributed by atoms with E-state index < -0.39 is 5.97 Å². The molecular weight excluding hydrogens is 354 g/mol. The highest BCUT2D eigenvalue weighted by molar-refractivity contribution is 6.31. The second kappa shape index (κ2) is 9.25. The number of carbonyl (C=O) groups is 2. The quantitative estimate of drug-likeness (QED) is 0.764. The summed E-state index contributed by atoms with van der Waals surface area (Å²) in [6, 6.07) is 12.8. The van der Waals surface area contributed by atoms with Gasteiger partial charge in [-0.1, -0.05) is 35.9 Å². The number of carboxylic acids is 1. The molecule has 2 rings (SSSR count). The fraction of sp³-hybridized carbons (Fsp3) is 0.300. The fourth-order valence-electron chi connectivity index (χ4n) is 2.58. The highest BCUT2D eigenvalue weighted by Gasteiger charge is 2.17. The molecule has 2 aromatic carbocycles. The Morgan fingerprint density at radius 2 is 1.69 bits per heavy atom. The van der Waals surface area contributed by atoms with Gasteiger partial charge in [0.1, 0.15) is 5.75 Å². The molecule has 0 aliphatic heterocycles. The SMILES string of the molecule is COc1ccc(Cl)cc1C(=O)N(C)CCc1ccc(CCC(=O)O)cc1. The predicted molar refractivity (Wildman–Crippen MR) is 101 cm³/mol. The van der Waals surface area contributed by atoms with Gasteiger partial charge in [-0.3, -0.25) is 9.59 Å². The van der Waals surface area contributed by atoms with E-state index in [1.165, 1.54) is 7.11 Å². The van der Waals surface area contributed by atoms with Crippen molar-refractivity contribution >= 4 is 23.5 Å². The van der Waals surface area contributed by atoms with Crippen LogP contribution in [0, 0.1) is 0 Å². The lowest BCUT2D eigenvalue weighted by atomic mass is 10.1. The van der Waals surface area contributed by atoms with E-state index in [0.29, 0.717) is 35.7 Å². The van der Waals surface area contributed by atoms with Crippen LogP contribution in [-0.2, 0) is 17.6 Å². The van der Waals surface area contributed by atoms with Gasteiger partial charge in [-0.05, 0) is 42.2 Å². The Hall–Kier alpha value is -2.53. The fourth-order valence-corrected chi connectivity index (χ4v) is 2.75. The van der Waals surface area contributed by atoms with Crippen molar-refractivity contribution in [3.63, 3.8) is 0 Å². The molecule has 0 saturated heterocycles. The minimum absolute atomic E-state index is 0.123. The molecule has 0 aliphatic carbocycles. The van der Waals surface area contributed by atoms with Gasteiger partial charge in [0.25, 0.3) is 5.91 Å². The number of rotatable bonds is 8. The number of aryl methyl sites for hydroxylation is 1. The molecule has 6 heteroatoms. The average molecular weight is 376 g/mol. The Morgan fingerprint density at radius 1 is 1.08 bits per heavy atom. The van der Waals surface area contributed by atoms with Crippen LogP contribution >= 0.6 is 11.6 Å². The van der Waals surface area contributed by atoms with Crippen LogP contribution in [0.5, 0.6) is 5.75 Å². The smallest absolute Gasteiger partial charge is 0.303 e. The zero-order valence-electron chi connectivity index (χ0n) is 14.9. The first-order valence-corrected chi connectivity index (χ1v) is 8.67. The molecule has 2 aromatic rings. The normalized spacial score (nSPS) is 10.4. The summed E-state index contributed by atoms with van der Waals surface area (Å²) in [7, 11) is 3.26. The molecule has 0 unspecified atom stereocenters. The lowest BCUT2D eigenvalue weighted by molar-refractivity contribution is -0.136. The maximum atomic E-state index is 12.6. The third-order valence-electron chi connectivity index (χ3n) is 4.13. The number of ether oxygens (including phenoxy) is 1. The number of amides is 1. The minimum atomic E-state index is -0.800. The number of carbonyl (C=O) groups excluding carboxylic acids is 1. The van der Waals surface area contributed by atoms with Crippen molar-refractivity contribution in [1.29, 1.82) is 0 Å². The number of halogens is 1. The first-order chi connectivity index (χ1) is 12.4. The zero-order chi connectivity index (χ0) is 19.1. The van der Waals surface area contributed by atoms with Gasteiger partial charge in [0, 0.05) is 25.0 Å². The van der Waals surface area contributed by atoms with Crippen molar-refractivity contribution < 1.29 is 19.4 Å². The van der Waals surface area contributed by atoms with Gasteiger partial charge < -0.3 is 14.7 Å². The minimum Gasteiger partial charge on any atom is -0.496 e. The number of hydrogen-bond acceptors (Lipinski definition) is 3. The third-order valence-corrected chi connectivity index (χ3v) is 4.36. The molecule has 0 radical (unpaired) electrons. The monoisotopic (exact) mass is 375 g/mol. The highest BCUT2D eigenvalue weighted by Crippen LogP contribution is 2.24. The Bertz CT molecular complexity index is 774. The number of hydrogen-bond donors (Lipinski definition) is 1. The molecule has 0 atom stereocenters. The van der Waals surface area contributed by atoms with Crippen LogP contribution in [-0.4, -0.2) is 42.6 Å². The van der Waals surface area contributed by atoms with Crippen molar-refractivity contribution in [1.82, 2.24) is 4.90 Å². The molecule has 0 bridgehead atoms. The topological polar surface area (TPSA) is 66.8 Å². The van der Waals surface area contributed by atoms with E-state index >= 15 is 0 Å². The molecule has 0 saturated carbocycles. The Balaban J connectivity index is 1.95. The molecule has 0 aromatic heterocycles. The summed E-state index contributed by atoms with van der Waals surface area (Å²) in [5.41, 5.74) is 2.51. The molecule has 0 fully saturated rings. The first-order valence-electron chi connectivity index (χ1n) is 8.29. The van der Waals surface area contributed by atoms with Crippen molar-refractivity contribution in [2.24, 2.45) is 0 Å². The molecule has 26 heavy (non-hydrogen) atoms. The maximum Gasteiger partial charge on any atom is 0.303 e. The van der Waals surface area contributed by atoms with Gasteiger partial charge in [-0.25, -0.2) is 0 Å². The van der Waals surface area contributed by atoms with Gasteiger partial charge in [0.15, 0.2) is 0 Å². The molecule has 1 N–H and O–H groups in total. The molecule has 1 amide bonds. The second-order valence-electron chi connectivity index (χ2n) is 6.03. The third kappa shape index (κ3) is 5.49. The lowest BCUT2D eigenvalue weighted by Crippen LogP contribution is -2.29. The largest absolute Gasteiger partial charge is 0.496 e. The Kier molecular flexibility index (Phi) is 7.04. The highest BCUT2D eigenvalue weighted by atomic mass is 35.5. The van der Waals surface area contributed by atoms with Gasteiger partial charge >= 0.3 is 5.97 Å². The Morgan fingerprint density at radius 3 is 2.27 bits per heavy atom. The Labute approximate surface area is 158 Å². The van der Waals surface area contributed by atoms with Crippen LogP contribution in [0.3, 0.4) is 0 Å². The number of carboxylic acid groups (broad SMARTS) is 1. The van der Waals surface area contributed by atoms with E-state index in [0.717, 1.165) is 11.1 Å². The van der Waals surface area contributed by atoms with Crippen molar-refractivity contribution in [3.8, 4) is 5.75 Å². The summed E-state index contributed by atoms with van der Waals surface area (Å²) >= 11 is 5.99. The van der Waals surface area contributed by atoms with E-state index in [-0.39, 0.29) is 12.3 Å². The van der Waals surface area contributed by atoms with Crippen molar-refractivity contribution in [2.45, 2.75) is 19.3 Å². The van der Waals surface area contributed by atoms with Gasteiger partial charge in [-0.15, -0.1) is 0 Å². The van der Waals surface area contributed by atoms with Crippen LogP contribution in [0.4, 0.5) is 0 Å². The van der Waals surface area contributed by atoms with E-state index in [2.05, 4.69) is 0 Å². The summed E-state index contributed by atoms with van der Waals surface area (Å²) in [5, 5.41) is 9.21. The van der Waals surface area contributed by atoms with Gasteiger partial charge in [0.2, 0.25) is 0 Å². The number of nitrogens with zero attached hydrogens (tertiary/aromatic N) is 1. The maximum absolute atomic E-state index is 12.6.